The van der Waals surface area contributed by atoms with Crippen LogP contribution in [0.25, 0.3) is 0 Å². The third-order valence-electron chi connectivity index (χ3n) is 3.38. The van der Waals surface area contributed by atoms with Crippen molar-refractivity contribution in [1.82, 2.24) is 5.32 Å². The highest BCUT2D eigenvalue weighted by atomic mass is 32.1. The molecule has 0 unspecified atom stereocenters. The first-order valence-electron chi connectivity index (χ1n) is 6.63. The van der Waals surface area contributed by atoms with Gasteiger partial charge >= 0.3 is 0 Å². The van der Waals surface area contributed by atoms with E-state index in [0.29, 0.717) is 22.4 Å². The van der Waals surface area contributed by atoms with Gasteiger partial charge in [0.05, 0.1) is 11.3 Å². The van der Waals surface area contributed by atoms with E-state index in [9.17, 15) is 4.79 Å². The molecule has 4 nitrogen and oxygen atoms in total. The molecule has 19 heavy (non-hydrogen) atoms. The van der Waals surface area contributed by atoms with Gasteiger partial charge in [0.1, 0.15) is 0 Å². The predicted octanol–water partition coefficient (Wildman–Crippen LogP) is 2.40. The van der Waals surface area contributed by atoms with Crippen molar-refractivity contribution in [3.63, 3.8) is 0 Å². The van der Waals surface area contributed by atoms with Crippen LogP contribution < -0.4 is 16.4 Å². The zero-order valence-corrected chi connectivity index (χ0v) is 11.6. The Hall–Kier alpha value is -1.62. The lowest BCUT2D eigenvalue weighted by atomic mass is 9.96. The van der Waals surface area contributed by atoms with Crippen molar-refractivity contribution in [3.8, 4) is 0 Å². The molecule has 102 valence electrons. The molecule has 4 N–H and O–H groups in total. The Labute approximate surface area is 118 Å². The number of nitrogens with two attached hydrogens (primary N) is 1. The van der Waals surface area contributed by atoms with Gasteiger partial charge in [0.2, 0.25) is 0 Å². The number of carbonyl (C=O) groups is 1. The molecule has 0 spiro atoms. The molecule has 1 amide bonds. The minimum atomic E-state index is -0.455. The van der Waals surface area contributed by atoms with Gasteiger partial charge in [0, 0.05) is 6.04 Å². The predicted molar refractivity (Wildman–Crippen MR) is 81.2 cm³/mol. The van der Waals surface area contributed by atoms with Crippen LogP contribution in [0, 0.1) is 0 Å². The Kier molecular flexibility index (Phi) is 4.74. The number of benzene rings is 1. The van der Waals surface area contributed by atoms with Gasteiger partial charge in [-0.3, -0.25) is 4.79 Å². The molecule has 0 radical (unpaired) electrons. The van der Waals surface area contributed by atoms with Crippen molar-refractivity contribution < 1.29 is 4.79 Å². The first kappa shape index (κ1) is 13.8. The number of thiocarbonyl (C=S) groups is 1. The van der Waals surface area contributed by atoms with Crippen LogP contribution in [-0.4, -0.2) is 17.1 Å². The third kappa shape index (κ3) is 3.92. The largest absolute Gasteiger partial charge is 0.366 e. The van der Waals surface area contributed by atoms with E-state index in [1.807, 2.05) is 6.07 Å². The average Bonchev–Trinajstić information content (AvgIpc) is 2.40. The second kappa shape index (κ2) is 6.52. The van der Waals surface area contributed by atoms with Gasteiger partial charge in [-0.25, -0.2) is 0 Å². The highest BCUT2D eigenvalue weighted by Gasteiger charge is 2.15. The monoisotopic (exact) mass is 277 g/mol. The van der Waals surface area contributed by atoms with E-state index in [1.165, 1.54) is 19.3 Å². The van der Waals surface area contributed by atoms with Crippen LogP contribution in [0.1, 0.15) is 42.5 Å². The number of hydrogen-bond donors (Lipinski definition) is 3. The molecule has 0 atom stereocenters. The summed E-state index contributed by atoms with van der Waals surface area (Å²) < 4.78 is 0. The zero-order chi connectivity index (χ0) is 13.7. The van der Waals surface area contributed by atoms with Crippen LogP contribution in [0.4, 0.5) is 5.69 Å². The smallest absolute Gasteiger partial charge is 0.250 e. The maximum atomic E-state index is 11.3. The lowest BCUT2D eigenvalue weighted by Crippen LogP contribution is -2.39. The first-order valence-corrected chi connectivity index (χ1v) is 7.04. The quantitative estimate of drug-likeness (QED) is 0.742. The number of rotatable bonds is 3. The summed E-state index contributed by atoms with van der Waals surface area (Å²) >= 11 is 5.29. The van der Waals surface area contributed by atoms with E-state index in [-0.39, 0.29) is 0 Å². The lowest BCUT2D eigenvalue weighted by Gasteiger charge is -2.24. The third-order valence-corrected chi connectivity index (χ3v) is 3.60. The first-order chi connectivity index (χ1) is 9.16. The van der Waals surface area contributed by atoms with E-state index in [4.69, 9.17) is 18.0 Å². The van der Waals surface area contributed by atoms with Gasteiger partial charge in [-0.1, -0.05) is 31.4 Å². The molecule has 1 fully saturated rings. The van der Waals surface area contributed by atoms with Gasteiger partial charge in [-0.2, -0.15) is 0 Å². The molecular formula is C14H19N3OS. The van der Waals surface area contributed by atoms with Crippen molar-refractivity contribution >= 4 is 28.9 Å². The molecule has 1 aromatic carbocycles. The van der Waals surface area contributed by atoms with Gasteiger partial charge in [0.25, 0.3) is 5.91 Å². The normalized spacial score (nSPS) is 15.8. The van der Waals surface area contributed by atoms with Crippen molar-refractivity contribution in [3.05, 3.63) is 29.8 Å². The molecule has 5 heteroatoms. The van der Waals surface area contributed by atoms with E-state index < -0.39 is 5.91 Å². The van der Waals surface area contributed by atoms with E-state index in [2.05, 4.69) is 10.6 Å². The molecule has 0 aromatic heterocycles. The summed E-state index contributed by atoms with van der Waals surface area (Å²) in [5, 5.41) is 6.92. The molecule has 1 aromatic rings. The SMILES string of the molecule is NC(=O)c1ccccc1NC(=S)NC1CCCCC1. The molecule has 0 saturated heterocycles. The van der Waals surface area contributed by atoms with Gasteiger partial charge < -0.3 is 16.4 Å². The molecule has 1 saturated carbocycles. The maximum absolute atomic E-state index is 11.3. The van der Waals surface area contributed by atoms with Crippen molar-refractivity contribution in [2.75, 3.05) is 5.32 Å². The standard InChI is InChI=1S/C14H19N3OS/c15-13(18)11-8-4-5-9-12(11)17-14(19)16-10-6-2-1-3-7-10/h4-5,8-10H,1-3,6-7H2,(H2,15,18)(H2,16,17,19). The Morgan fingerprint density at radius 3 is 2.58 bits per heavy atom. The fourth-order valence-electron chi connectivity index (χ4n) is 2.40. The number of hydrogen-bond acceptors (Lipinski definition) is 2. The molecule has 0 heterocycles. The maximum Gasteiger partial charge on any atom is 0.250 e. The highest BCUT2D eigenvalue weighted by Crippen LogP contribution is 2.18. The summed E-state index contributed by atoms with van der Waals surface area (Å²) in [5.41, 5.74) is 6.44. The Morgan fingerprint density at radius 2 is 1.89 bits per heavy atom. The van der Waals surface area contributed by atoms with Crippen molar-refractivity contribution in [2.24, 2.45) is 5.73 Å². The van der Waals surface area contributed by atoms with Crippen LogP contribution >= 0.6 is 12.2 Å². The number of amides is 1. The van der Waals surface area contributed by atoms with Crippen LogP contribution in [0.2, 0.25) is 0 Å². The van der Waals surface area contributed by atoms with Gasteiger partial charge in [-0.15, -0.1) is 0 Å². The fourth-order valence-corrected chi connectivity index (χ4v) is 2.67. The molecular weight excluding hydrogens is 258 g/mol. The van der Waals surface area contributed by atoms with Crippen molar-refractivity contribution in [1.29, 1.82) is 0 Å². The molecule has 0 bridgehead atoms. The minimum Gasteiger partial charge on any atom is -0.366 e. The van der Waals surface area contributed by atoms with Crippen LogP contribution in [0.3, 0.4) is 0 Å². The summed E-state index contributed by atoms with van der Waals surface area (Å²) in [6.07, 6.45) is 6.11. The number of para-hydroxylation sites is 1. The van der Waals surface area contributed by atoms with Crippen LogP contribution in [0.5, 0.6) is 0 Å². The molecule has 0 aliphatic heterocycles. The van der Waals surface area contributed by atoms with E-state index >= 15 is 0 Å². The average molecular weight is 277 g/mol. The summed E-state index contributed by atoms with van der Waals surface area (Å²) in [5.74, 6) is -0.455. The minimum absolute atomic E-state index is 0.439. The second-order valence-corrected chi connectivity index (χ2v) is 5.25. The number of primary amides is 1. The topological polar surface area (TPSA) is 67.2 Å². The Balaban J connectivity index is 1.96. The lowest BCUT2D eigenvalue weighted by molar-refractivity contribution is 0.100. The Bertz CT molecular complexity index is 470. The summed E-state index contributed by atoms with van der Waals surface area (Å²) in [6.45, 7) is 0. The fraction of sp³-hybridized carbons (Fsp3) is 0.429. The van der Waals surface area contributed by atoms with E-state index in [0.717, 1.165) is 12.8 Å². The van der Waals surface area contributed by atoms with Crippen molar-refractivity contribution in [2.45, 2.75) is 38.1 Å². The van der Waals surface area contributed by atoms with Crippen LogP contribution in [0.15, 0.2) is 24.3 Å². The molecule has 1 aliphatic rings. The van der Waals surface area contributed by atoms with E-state index in [1.54, 1.807) is 18.2 Å². The van der Waals surface area contributed by atoms with Gasteiger partial charge in [0.15, 0.2) is 5.11 Å². The highest BCUT2D eigenvalue weighted by molar-refractivity contribution is 7.80. The molecule has 2 rings (SSSR count). The number of nitrogens with one attached hydrogen (secondary N) is 2. The second-order valence-electron chi connectivity index (χ2n) is 4.84. The summed E-state index contributed by atoms with van der Waals surface area (Å²) in [7, 11) is 0. The van der Waals surface area contributed by atoms with Crippen LogP contribution in [-0.2, 0) is 0 Å². The summed E-state index contributed by atoms with van der Waals surface area (Å²) in [4.78, 5) is 11.3. The van der Waals surface area contributed by atoms with Gasteiger partial charge in [-0.05, 0) is 37.2 Å². The molecule has 1 aliphatic carbocycles. The zero-order valence-electron chi connectivity index (χ0n) is 10.8. The summed E-state index contributed by atoms with van der Waals surface area (Å²) in [6, 6.07) is 7.55. The number of carbonyl (C=O) groups excluding carboxylic acids is 1. The number of anilines is 1. The Morgan fingerprint density at radius 1 is 1.21 bits per heavy atom.